The fraction of sp³-hybridized carbons (Fsp3) is 0.500. The summed E-state index contributed by atoms with van der Waals surface area (Å²) in [5, 5.41) is 1.90. The molecule has 0 aliphatic heterocycles. The molecule has 2 aromatic carbocycles. The van der Waals surface area contributed by atoms with Gasteiger partial charge in [0.2, 0.25) is 0 Å². The number of hydrogen-bond donors (Lipinski definition) is 0. The normalized spacial score (nSPS) is 12.4. The van der Waals surface area contributed by atoms with Gasteiger partial charge in [0.05, 0.1) is 13.2 Å². The Morgan fingerprint density at radius 1 is 0.675 bits per heavy atom. The second kappa shape index (κ2) is 18.1. The van der Waals surface area contributed by atoms with Crippen molar-refractivity contribution in [2.45, 2.75) is 65.6 Å². The minimum absolute atomic E-state index is 0.155. The summed E-state index contributed by atoms with van der Waals surface area (Å²) >= 11 is 0. The molecule has 40 heavy (non-hydrogen) atoms. The van der Waals surface area contributed by atoms with Crippen LogP contribution in [0.25, 0.3) is 10.8 Å². The molecule has 0 N–H and O–H groups in total. The Labute approximate surface area is 238 Å². The van der Waals surface area contributed by atoms with Crippen molar-refractivity contribution in [3.05, 3.63) is 60.7 Å². The topological polar surface area (TPSA) is 89.5 Å². The van der Waals surface area contributed by atoms with Crippen LogP contribution in [0.3, 0.4) is 0 Å². The van der Waals surface area contributed by atoms with Crippen molar-refractivity contribution in [1.82, 2.24) is 0 Å². The molecular formula is C32H44O8. The molecule has 2 rings (SSSR count). The number of hydrogen-bond acceptors (Lipinski definition) is 8. The highest BCUT2D eigenvalue weighted by Gasteiger charge is 2.18. The van der Waals surface area contributed by atoms with Gasteiger partial charge in [-0.05, 0) is 61.7 Å². The lowest BCUT2D eigenvalue weighted by atomic mass is 10.1. The molecule has 220 valence electrons. The highest BCUT2D eigenvalue weighted by atomic mass is 16.6. The first-order chi connectivity index (χ1) is 19.2. The van der Waals surface area contributed by atoms with Crippen LogP contribution in [0.1, 0.15) is 53.4 Å². The number of unbranched alkanes of at least 4 members (excludes halogenated alkanes) is 2. The van der Waals surface area contributed by atoms with Crippen molar-refractivity contribution in [2.75, 3.05) is 39.6 Å². The molecule has 0 spiro atoms. The summed E-state index contributed by atoms with van der Waals surface area (Å²) in [5.41, 5.74) is 0.651. The van der Waals surface area contributed by atoms with E-state index in [1.54, 1.807) is 13.8 Å². The molecule has 0 amide bonds. The van der Waals surface area contributed by atoms with Crippen molar-refractivity contribution in [3.63, 3.8) is 0 Å². The summed E-state index contributed by atoms with van der Waals surface area (Å²) in [7, 11) is 0. The largest absolute Gasteiger partial charge is 0.490 e. The average molecular weight is 557 g/mol. The first kappa shape index (κ1) is 32.8. The Kier molecular flexibility index (Phi) is 14.8. The zero-order valence-electron chi connectivity index (χ0n) is 24.4. The van der Waals surface area contributed by atoms with Gasteiger partial charge in [0.1, 0.15) is 24.7 Å². The number of esters is 2. The molecule has 2 unspecified atom stereocenters. The summed E-state index contributed by atoms with van der Waals surface area (Å²) in [5.74, 6) is 0.343. The second-order valence-corrected chi connectivity index (χ2v) is 9.77. The molecule has 0 fully saturated rings. The second-order valence-electron chi connectivity index (χ2n) is 9.77. The van der Waals surface area contributed by atoms with Crippen molar-refractivity contribution >= 4 is 22.7 Å². The Morgan fingerprint density at radius 3 is 1.43 bits per heavy atom. The zero-order valence-corrected chi connectivity index (χ0v) is 24.4. The van der Waals surface area contributed by atoms with E-state index in [0.29, 0.717) is 35.9 Å². The molecule has 0 aliphatic rings. The Bertz CT molecular complexity index is 1020. The Hall–Kier alpha value is -3.36. The SMILES string of the molecule is C=C(C)C(=O)OC(COCCCC)COc1ccc2cc(OCC(COCCCC)OC(=O)C(=C)C)ccc2c1. The molecule has 8 nitrogen and oxygen atoms in total. The van der Waals surface area contributed by atoms with Gasteiger partial charge >= 0.3 is 11.9 Å². The molecular weight excluding hydrogens is 512 g/mol. The van der Waals surface area contributed by atoms with E-state index in [9.17, 15) is 9.59 Å². The van der Waals surface area contributed by atoms with Crippen LogP contribution in [0.2, 0.25) is 0 Å². The lowest BCUT2D eigenvalue weighted by Crippen LogP contribution is -2.30. The van der Waals surface area contributed by atoms with E-state index in [4.69, 9.17) is 28.4 Å². The van der Waals surface area contributed by atoms with Crippen LogP contribution in [0.15, 0.2) is 60.7 Å². The van der Waals surface area contributed by atoms with Crippen molar-refractivity contribution in [2.24, 2.45) is 0 Å². The van der Waals surface area contributed by atoms with Crippen molar-refractivity contribution in [1.29, 1.82) is 0 Å². The van der Waals surface area contributed by atoms with Crippen LogP contribution < -0.4 is 9.47 Å². The standard InChI is InChI=1S/C32H44O8/c1-7-9-15-35-19-29(39-31(33)23(3)4)21-37-27-13-11-26-18-28(14-12-25(26)17-27)38-22-30(20-36-16-10-8-2)40-32(34)24(5)6/h11-14,17-18,29-30H,3,5,7-10,15-16,19-22H2,1-2,4,6H3. The zero-order chi connectivity index (χ0) is 29.3. The van der Waals surface area contributed by atoms with E-state index in [2.05, 4.69) is 27.0 Å². The molecule has 8 heteroatoms. The van der Waals surface area contributed by atoms with E-state index < -0.39 is 24.1 Å². The van der Waals surface area contributed by atoms with Crippen LogP contribution in [0.4, 0.5) is 0 Å². The fourth-order valence-electron chi connectivity index (χ4n) is 3.42. The highest BCUT2D eigenvalue weighted by molar-refractivity contribution is 5.87. The third-order valence-corrected chi connectivity index (χ3v) is 5.79. The van der Waals surface area contributed by atoms with Crippen LogP contribution >= 0.6 is 0 Å². The summed E-state index contributed by atoms with van der Waals surface area (Å²) in [6.07, 6.45) is 2.81. The van der Waals surface area contributed by atoms with E-state index in [-0.39, 0.29) is 26.4 Å². The molecule has 0 aliphatic carbocycles. The van der Waals surface area contributed by atoms with E-state index in [1.807, 2.05) is 36.4 Å². The minimum atomic E-state index is -0.551. The summed E-state index contributed by atoms with van der Waals surface area (Å²) in [6, 6.07) is 11.4. The number of carbonyl (C=O) groups is 2. The molecule has 0 radical (unpaired) electrons. The van der Waals surface area contributed by atoms with Gasteiger partial charge < -0.3 is 28.4 Å². The number of carbonyl (C=O) groups excluding carboxylic acids is 2. The maximum absolute atomic E-state index is 12.0. The molecule has 2 aromatic rings. The van der Waals surface area contributed by atoms with Crippen molar-refractivity contribution in [3.8, 4) is 11.5 Å². The van der Waals surface area contributed by atoms with Gasteiger partial charge in [0.15, 0.2) is 12.2 Å². The molecule has 2 atom stereocenters. The molecule has 0 heterocycles. The summed E-state index contributed by atoms with van der Waals surface area (Å²) < 4.78 is 34.2. The summed E-state index contributed by atoms with van der Waals surface area (Å²) in [6.45, 7) is 16.7. The number of ether oxygens (including phenoxy) is 6. The Balaban J connectivity index is 2.00. The third kappa shape index (κ3) is 12.2. The first-order valence-corrected chi connectivity index (χ1v) is 13.9. The van der Waals surface area contributed by atoms with Gasteiger partial charge in [0, 0.05) is 24.4 Å². The average Bonchev–Trinajstić information content (AvgIpc) is 2.94. The predicted octanol–water partition coefficient (Wildman–Crippen LogP) is 6.21. The minimum Gasteiger partial charge on any atom is -0.490 e. The number of benzene rings is 2. The quantitative estimate of drug-likeness (QED) is 0.108. The van der Waals surface area contributed by atoms with Gasteiger partial charge in [-0.15, -0.1) is 0 Å². The first-order valence-electron chi connectivity index (χ1n) is 13.9. The Morgan fingerprint density at radius 2 is 1.07 bits per heavy atom. The number of rotatable bonds is 20. The smallest absolute Gasteiger partial charge is 0.333 e. The van der Waals surface area contributed by atoms with E-state index >= 15 is 0 Å². The van der Waals surface area contributed by atoms with Gasteiger partial charge in [-0.25, -0.2) is 9.59 Å². The van der Waals surface area contributed by atoms with Crippen LogP contribution in [0, 0.1) is 0 Å². The lowest BCUT2D eigenvalue weighted by molar-refractivity contribution is -0.150. The van der Waals surface area contributed by atoms with Gasteiger partial charge in [-0.3, -0.25) is 0 Å². The van der Waals surface area contributed by atoms with Gasteiger partial charge in [-0.2, -0.15) is 0 Å². The van der Waals surface area contributed by atoms with Crippen molar-refractivity contribution < 1.29 is 38.0 Å². The van der Waals surface area contributed by atoms with E-state index in [1.165, 1.54) is 0 Å². The lowest BCUT2D eigenvalue weighted by Gasteiger charge is -2.19. The molecule has 0 saturated carbocycles. The maximum Gasteiger partial charge on any atom is 0.333 e. The van der Waals surface area contributed by atoms with Gasteiger partial charge in [-0.1, -0.05) is 52.0 Å². The molecule has 0 saturated heterocycles. The predicted molar refractivity (Wildman–Crippen MR) is 156 cm³/mol. The van der Waals surface area contributed by atoms with Crippen LogP contribution in [-0.4, -0.2) is 63.8 Å². The molecule has 0 bridgehead atoms. The van der Waals surface area contributed by atoms with Crippen LogP contribution in [0.5, 0.6) is 11.5 Å². The monoisotopic (exact) mass is 556 g/mol. The van der Waals surface area contributed by atoms with Crippen LogP contribution in [-0.2, 0) is 28.5 Å². The fourth-order valence-corrected chi connectivity index (χ4v) is 3.42. The van der Waals surface area contributed by atoms with Gasteiger partial charge in [0.25, 0.3) is 0 Å². The highest BCUT2D eigenvalue weighted by Crippen LogP contribution is 2.25. The maximum atomic E-state index is 12.0. The molecule has 0 aromatic heterocycles. The number of fused-ring (bicyclic) bond motifs is 1. The third-order valence-electron chi connectivity index (χ3n) is 5.79. The van der Waals surface area contributed by atoms with E-state index in [0.717, 1.165) is 36.5 Å². The summed E-state index contributed by atoms with van der Waals surface area (Å²) in [4.78, 5) is 24.1.